The second-order valence-electron chi connectivity index (χ2n) is 5.21. The molecule has 1 unspecified atom stereocenters. The molecule has 20 heavy (non-hydrogen) atoms. The van der Waals surface area contributed by atoms with Crippen LogP contribution in [-0.2, 0) is 9.53 Å². The number of carbonyl (C=O) groups is 1. The number of hydrogen-bond acceptors (Lipinski definition) is 3. The molecule has 1 aliphatic heterocycles. The molecule has 1 aromatic rings. The van der Waals surface area contributed by atoms with Gasteiger partial charge in [-0.1, -0.05) is 17.7 Å². The number of aryl methyl sites for hydroxylation is 1. The van der Waals surface area contributed by atoms with Crippen LogP contribution in [0.1, 0.15) is 18.4 Å². The third-order valence-electron chi connectivity index (χ3n) is 3.81. The Morgan fingerprint density at radius 3 is 2.40 bits per heavy atom. The monoisotopic (exact) mass is 298 g/mol. The van der Waals surface area contributed by atoms with Crippen LogP contribution < -0.4 is 10.6 Å². The molecule has 4 nitrogen and oxygen atoms in total. The van der Waals surface area contributed by atoms with Crippen molar-refractivity contribution >= 4 is 24.0 Å². The summed E-state index contributed by atoms with van der Waals surface area (Å²) in [7, 11) is 1.78. The van der Waals surface area contributed by atoms with Crippen LogP contribution in [0.25, 0.3) is 0 Å². The topological polar surface area (TPSA) is 55.6 Å². The summed E-state index contributed by atoms with van der Waals surface area (Å²) in [6, 6.07) is 7.46. The number of nitrogens with two attached hydrogens (primary N) is 1. The first-order valence-corrected chi connectivity index (χ1v) is 6.77. The Kier molecular flexibility index (Phi) is 6.46. The number of likely N-dealkylation sites (N-methyl/N-ethyl adjacent to an activating group) is 1. The number of amides is 1. The molecule has 1 saturated heterocycles. The minimum atomic E-state index is -0.435. The number of rotatable bonds is 3. The lowest BCUT2D eigenvalue weighted by Crippen LogP contribution is -2.47. The van der Waals surface area contributed by atoms with Crippen molar-refractivity contribution in [2.75, 3.05) is 25.2 Å². The quantitative estimate of drug-likeness (QED) is 0.930. The third kappa shape index (κ3) is 3.95. The molecule has 2 N–H and O–H groups in total. The van der Waals surface area contributed by atoms with Crippen LogP contribution in [0.15, 0.2) is 24.3 Å². The predicted molar refractivity (Wildman–Crippen MR) is 83.4 cm³/mol. The lowest BCUT2D eigenvalue weighted by atomic mass is 9.91. The first-order valence-electron chi connectivity index (χ1n) is 6.77. The van der Waals surface area contributed by atoms with Crippen molar-refractivity contribution in [1.29, 1.82) is 0 Å². The van der Waals surface area contributed by atoms with Crippen LogP contribution in [0.2, 0.25) is 0 Å². The molecule has 5 heteroatoms. The van der Waals surface area contributed by atoms with Crippen molar-refractivity contribution in [2.24, 2.45) is 11.7 Å². The van der Waals surface area contributed by atoms with Gasteiger partial charge in [0.05, 0.1) is 6.04 Å². The lowest BCUT2D eigenvalue weighted by molar-refractivity contribution is -0.121. The number of nitrogens with zero attached hydrogens (tertiary/aromatic N) is 1. The van der Waals surface area contributed by atoms with Gasteiger partial charge in [-0.25, -0.2) is 0 Å². The molecule has 0 aromatic heterocycles. The molecule has 1 aliphatic rings. The number of ether oxygens (including phenoxy) is 1. The summed E-state index contributed by atoms with van der Waals surface area (Å²) in [4.78, 5) is 14.0. The molecule has 2 rings (SSSR count). The van der Waals surface area contributed by atoms with Crippen LogP contribution in [0.3, 0.4) is 0 Å². The van der Waals surface area contributed by atoms with Crippen molar-refractivity contribution < 1.29 is 9.53 Å². The first kappa shape index (κ1) is 17.0. The first-order chi connectivity index (χ1) is 9.09. The smallest absolute Gasteiger partial charge is 0.243 e. The highest BCUT2D eigenvalue weighted by molar-refractivity contribution is 5.96. The fourth-order valence-corrected chi connectivity index (χ4v) is 2.40. The number of carbonyl (C=O) groups excluding carboxylic acids is 1. The molecule has 0 aliphatic carbocycles. The van der Waals surface area contributed by atoms with Crippen molar-refractivity contribution in [3.63, 3.8) is 0 Å². The zero-order valence-electron chi connectivity index (χ0n) is 12.0. The summed E-state index contributed by atoms with van der Waals surface area (Å²) in [6.45, 7) is 3.44. The normalized spacial score (nSPS) is 17.1. The van der Waals surface area contributed by atoms with E-state index in [9.17, 15) is 4.79 Å². The van der Waals surface area contributed by atoms with Gasteiger partial charge in [0.15, 0.2) is 0 Å². The second-order valence-corrected chi connectivity index (χ2v) is 5.21. The van der Waals surface area contributed by atoms with Crippen LogP contribution in [0.5, 0.6) is 0 Å². The molecule has 112 valence electrons. The van der Waals surface area contributed by atoms with Crippen LogP contribution in [0.4, 0.5) is 5.69 Å². The zero-order valence-corrected chi connectivity index (χ0v) is 12.9. The van der Waals surface area contributed by atoms with Crippen molar-refractivity contribution in [2.45, 2.75) is 25.8 Å². The highest BCUT2D eigenvalue weighted by Gasteiger charge is 2.29. The Balaban J connectivity index is 0.00000200. The van der Waals surface area contributed by atoms with E-state index in [-0.39, 0.29) is 24.2 Å². The summed E-state index contributed by atoms with van der Waals surface area (Å²) >= 11 is 0. The largest absolute Gasteiger partial charge is 0.381 e. The van der Waals surface area contributed by atoms with Gasteiger partial charge in [0, 0.05) is 25.9 Å². The van der Waals surface area contributed by atoms with Gasteiger partial charge in [-0.2, -0.15) is 0 Å². The molecule has 1 amide bonds. The van der Waals surface area contributed by atoms with Crippen LogP contribution in [-0.4, -0.2) is 32.2 Å². The zero-order chi connectivity index (χ0) is 13.8. The van der Waals surface area contributed by atoms with E-state index in [0.29, 0.717) is 13.2 Å². The summed E-state index contributed by atoms with van der Waals surface area (Å²) in [5, 5.41) is 0. The Hall–Kier alpha value is -1.10. The Morgan fingerprint density at radius 2 is 1.85 bits per heavy atom. The maximum atomic E-state index is 12.4. The maximum Gasteiger partial charge on any atom is 0.243 e. The van der Waals surface area contributed by atoms with Gasteiger partial charge >= 0.3 is 0 Å². The molecule has 1 atom stereocenters. The van der Waals surface area contributed by atoms with Crippen molar-refractivity contribution in [3.05, 3.63) is 29.8 Å². The molecule has 0 spiro atoms. The molecule has 0 saturated carbocycles. The summed E-state index contributed by atoms with van der Waals surface area (Å²) in [6.07, 6.45) is 1.74. The van der Waals surface area contributed by atoms with Crippen molar-refractivity contribution in [3.8, 4) is 0 Å². The Morgan fingerprint density at radius 1 is 1.30 bits per heavy atom. The molecule has 1 aromatic carbocycles. The predicted octanol–water partition coefficient (Wildman–Crippen LogP) is 2.13. The standard InChI is InChI=1S/C15H22N2O2.ClH/c1-11-3-5-13(6-4-11)17(2)15(18)14(16)12-7-9-19-10-8-12;/h3-6,12,14H,7-10,16H2,1-2H3;1H. The average Bonchev–Trinajstić information content (AvgIpc) is 2.46. The van der Waals surface area contributed by atoms with E-state index in [4.69, 9.17) is 10.5 Å². The average molecular weight is 299 g/mol. The van der Waals surface area contributed by atoms with Crippen LogP contribution in [0, 0.1) is 12.8 Å². The molecule has 1 fully saturated rings. The lowest BCUT2D eigenvalue weighted by Gasteiger charge is -2.29. The van der Waals surface area contributed by atoms with Gasteiger partial charge < -0.3 is 15.4 Å². The number of benzene rings is 1. The highest BCUT2D eigenvalue weighted by Crippen LogP contribution is 2.21. The van der Waals surface area contributed by atoms with Gasteiger partial charge in [0.2, 0.25) is 5.91 Å². The number of hydrogen-bond donors (Lipinski definition) is 1. The maximum absolute atomic E-state index is 12.4. The second kappa shape index (κ2) is 7.62. The summed E-state index contributed by atoms with van der Waals surface area (Å²) < 4.78 is 5.31. The van der Waals surface area contributed by atoms with E-state index in [0.717, 1.165) is 18.5 Å². The van der Waals surface area contributed by atoms with Crippen LogP contribution >= 0.6 is 12.4 Å². The SMILES string of the molecule is Cc1ccc(N(C)C(=O)C(N)C2CCOCC2)cc1.Cl. The molecular weight excluding hydrogens is 276 g/mol. The number of halogens is 1. The van der Waals surface area contributed by atoms with E-state index in [1.165, 1.54) is 5.56 Å². The van der Waals surface area contributed by atoms with Gasteiger partial charge in [-0.3, -0.25) is 4.79 Å². The van der Waals surface area contributed by atoms with E-state index in [1.54, 1.807) is 11.9 Å². The van der Waals surface area contributed by atoms with Gasteiger partial charge in [-0.05, 0) is 37.8 Å². The highest BCUT2D eigenvalue weighted by atomic mass is 35.5. The van der Waals surface area contributed by atoms with Gasteiger partial charge in [0.1, 0.15) is 0 Å². The molecule has 1 heterocycles. The fraction of sp³-hybridized carbons (Fsp3) is 0.533. The Labute approximate surface area is 126 Å². The van der Waals surface area contributed by atoms with Crippen molar-refractivity contribution in [1.82, 2.24) is 0 Å². The number of anilines is 1. The van der Waals surface area contributed by atoms with E-state index in [1.807, 2.05) is 31.2 Å². The molecule has 0 bridgehead atoms. The Bertz CT molecular complexity index is 430. The molecular formula is C15H23ClN2O2. The molecule has 0 radical (unpaired) electrons. The van der Waals surface area contributed by atoms with Gasteiger partial charge in [-0.15, -0.1) is 12.4 Å². The third-order valence-corrected chi connectivity index (χ3v) is 3.81. The van der Waals surface area contributed by atoms with Gasteiger partial charge in [0.25, 0.3) is 0 Å². The summed E-state index contributed by atoms with van der Waals surface area (Å²) in [5.41, 5.74) is 8.18. The van der Waals surface area contributed by atoms with E-state index < -0.39 is 6.04 Å². The van der Waals surface area contributed by atoms with E-state index in [2.05, 4.69) is 0 Å². The van der Waals surface area contributed by atoms with E-state index >= 15 is 0 Å². The minimum Gasteiger partial charge on any atom is -0.381 e. The summed E-state index contributed by atoms with van der Waals surface area (Å²) in [5.74, 6) is 0.213. The minimum absolute atomic E-state index is 0. The fourth-order valence-electron chi connectivity index (χ4n) is 2.40.